The quantitative estimate of drug-likeness (QED) is 0.288. The van der Waals surface area contributed by atoms with Crippen LogP contribution in [0.2, 0.25) is 0 Å². The minimum atomic E-state index is 0. The molecule has 2 rings (SSSR count). The van der Waals surface area contributed by atoms with Crippen molar-refractivity contribution in [2.75, 3.05) is 40.8 Å². The van der Waals surface area contributed by atoms with Gasteiger partial charge in [-0.2, -0.15) is 0 Å². The summed E-state index contributed by atoms with van der Waals surface area (Å²) in [7, 11) is 5.89. The zero-order chi connectivity index (χ0) is 20.4. The van der Waals surface area contributed by atoms with E-state index < -0.39 is 0 Å². The molecule has 0 amide bonds. The summed E-state index contributed by atoms with van der Waals surface area (Å²) in [5.41, 5.74) is 3.01. The third-order valence-corrected chi connectivity index (χ3v) is 4.31. The van der Waals surface area contributed by atoms with Crippen LogP contribution in [-0.4, -0.2) is 62.8 Å². The molecule has 7 nitrogen and oxygen atoms in total. The number of aliphatic imine (C=N–C) groups is 1. The summed E-state index contributed by atoms with van der Waals surface area (Å²) in [5, 5.41) is 6.60. The Labute approximate surface area is 191 Å². The Hall–Kier alpha value is -1.65. The molecule has 0 aliphatic carbocycles. The predicted octanol–water partition coefficient (Wildman–Crippen LogP) is 3.29. The van der Waals surface area contributed by atoms with Crippen molar-refractivity contribution in [3.63, 3.8) is 0 Å². The molecule has 0 saturated heterocycles. The van der Waals surface area contributed by atoms with Gasteiger partial charge >= 0.3 is 0 Å². The number of guanidine groups is 1. The molecular formula is C21H34IN5O2. The van der Waals surface area contributed by atoms with Gasteiger partial charge in [0.05, 0.1) is 18.3 Å². The Morgan fingerprint density at radius 1 is 1.24 bits per heavy atom. The second-order valence-electron chi connectivity index (χ2n) is 6.99. The highest BCUT2D eigenvalue weighted by atomic mass is 127. The van der Waals surface area contributed by atoms with Crippen LogP contribution in [0, 0.1) is 6.92 Å². The lowest BCUT2D eigenvalue weighted by Gasteiger charge is -2.21. The molecule has 0 radical (unpaired) electrons. The van der Waals surface area contributed by atoms with E-state index in [4.69, 9.17) is 9.15 Å². The van der Waals surface area contributed by atoms with Crippen molar-refractivity contribution in [2.45, 2.75) is 32.9 Å². The molecule has 1 aromatic carbocycles. The first-order chi connectivity index (χ1) is 13.5. The zero-order valence-electron chi connectivity index (χ0n) is 18.1. The number of nitrogens with one attached hydrogen (secondary N) is 2. The number of aryl methyl sites for hydroxylation is 1. The molecule has 1 unspecified atom stereocenters. The molecule has 1 aromatic heterocycles. The SMILES string of the molecule is CCOC(CCN(C)C)CNC(=NC)NCc1coc(-c2ccc(C)cc2)n1.I. The van der Waals surface area contributed by atoms with E-state index in [0.717, 1.165) is 30.2 Å². The molecule has 0 fully saturated rings. The van der Waals surface area contributed by atoms with Crippen LogP contribution in [0.3, 0.4) is 0 Å². The molecule has 8 heteroatoms. The molecule has 1 heterocycles. The van der Waals surface area contributed by atoms with Gasteiger partial charge < -0.3 is 24.7 Å². The molecule has 1 atom stereocenters. The molecule has 2 aromatic rings. The maximum atomic E-state index is 5.81. The predicted molar refractivity (Wildman–Crippen MR) is 129 cm³/mol. The minimum Gasteiger partial charge on any atom is -0.444 e. The Bertz CT molecular complexity index is 731. The van der Waals surface area contributed by atoms with E-state index in [0.29, 0.717) is 25.6 Å². The fraction of sp³-hybridized carbons (Fsp3) is 0.524. The number of benzene rings is 1. The largest absolute Gasteiger partial charge is 0.444 e. The number of ether oxygens (including phenoxy) is 1. The maximum absolute atomic E-state index is 5.81. The highest BCUT2D eigenvalue weighted by Gasteiger charge is 2.11. The van der Waals surface area contributed by atoms with Crippen LogP contribution in [-0.2, 0) is 11.3 Å². The summed E-state index contributed by atoms with van der Waals surface area (Å²) in [5.74, 6) is 1.34. The first kappa shape index (κ1) is 25.4. The fourth-order valence-corrected chi connectivity index (χ4v) is 2.70. The average molecular weight is 515 g/mol. The fourth-order valence-electron chi connectivity index (χ4n) is 2.70. The summed E-state index contributed by atoms with van der Waals surface area (Å²) in [6.45, 7) is 7.00. The van der Waals surface area contributed by atoms with Crippen LogP contribution in [0.1, 0.15) is 24.6 Å². The monoisotopic (exact) mass is 515 g/mol. The molecule has 0 aliphatic heterocycles. The molecule has 2 N–H and O–H groups in total. The molecule has 0 spiro atoms. The van der Waals surface area contributed by atoms with Crippen LogP contribution in [0.15, 0.2) is 39.9 Å². The van der Waals surface area contributed by atoms with Crippen LogP contribution < -0.4 is 10.6 Å². The van der Waals surface area contributed by atoms with E-state index in [9.17, 15) is 0 Å². The molecule has 0 aliphatic rings. The summed E-state index contributed by atoms with van der Waals surface area (Å²) in [4.78, 5) is 11.0. The van der Waals surface area contributed by atoms with Crippen molar-refractivity contribution in [2.24, 2.45) is 4.99 Å². The van der Waals surface area contributed by atoms with Gasteiger partial charge in [0.25, 0.3) is 0 Å². The van der Waals surface area contributed by atoms with Gasteiger partial charge in [0, 0.05) is 32.3 Å². The van der Waals surface area contributed by atoms with Crippen molar-refractivity contribution in [1.82, 2.24) is 20.5 Å². The van der Waals surface area contributed by atoms with Gasteiger partial charge in [-0.25, -0.2) is 4.98 Å². The number of nitrogens with zero attached hydrogens (tertiary/aromatic N) is 3. The van der Waals surface area contributed by atoms with E-state index in [1.807, 2.05) is 31.2 Å². The third-order valence-electron chi connectivity index (χ3n) is 4.31. The Morgan fingerprint density at radius 2 is 1.97 bits per heavy atom. The summed E-state index contributed by atoms with van der Waals surface area (Å²) >= 11 is 0. The Kier molecular flexibility index (Phi) is 11.9. The van der Waals surface area contributed by atoms with Crippen molar-refractivity contribution in [1.29, 1.82) is 0 Å². The smallest absolute Gasteiger partial charge is 0.226 e. The average Bonchev–Trinajstić information content (AvgIpc) is 3.15. The van der Waals surface area contributed by atoms with Crippen LogP contribution in [0.25, 0.3) is 11.5 Å². The number of aromatic nitrogens is 1. The second-order valence-corrected chi connectivity index (χ2v) is 6.99. The molecule has 29 heavy (non-hydrogen) atoms. The van der Waals surface area contributed by atoms with Gasteiger partial charge in [0.1, 0.15) is 6.26 Å². The van der Waals surface area contributed by atoms with Crippen molar-refractivity contribution >= 4 is 29.9 Å². The number of oxazole rings is 1. The number of hydrogen-bond acceptors (Lipinski definition) is 5. The minimum absolute atomic E-state index is 0. The van der Waals surface area contributed by atoms with Gasteiger partial charge in [0.15, 0.2) is 5.96 Å². The van der Waals surface area contributed by atoms with Gasteiger partial charge in [-0.3, -0.25) is 4.99 Å². The van der Waals surface area contributed by atoms with Gasteiger partial charge in [-0.15, -0.1) is 24.0 Å². The lowest BCUT2D eigenvalue weighted by Crippen LogP contribution is -2.42. The summed E-state index contributed by atoms with van der Waals surface area (Å²) in [6.07, 6.45) is 2.79. The van der Waals surface area contributed by atoms with Crippen molar-refractivity contribution in [3.8, 4) is 11.5 Å². The molecule has 0 saturated carbocycles. The van der Waals surface area contributed by atoms with Crippen molar-refractivity contribution < 1.29 is 9.15 Å². The van der Waals surface area contributed by atoms with Gasteiger partial charge in [0.2, 0.25) is 5.89 Å². The number of halogens is 1. The van der Waals surface area contributed by atoms with E-state index >= 15 is 0 Å². The highest BCUT2D eigenvalue weighted by Crippen LogP contribution is 2.18. The normalized spacial score (nSPS) is 12.6. The van der Waals surface area contributed by atoms with E-state index in [1.165, 1.54) is 5.56 Å². The summed E-state index contributed by atoms with van der Waals surface area (Å²) in [6, 6.07) is 8.13. The van der Waals surface area contributed by atoms with Crippen LogP contribution in [0.4, 0.5) is 0 Å². The maximum Gasteiger partial charge on any atom is 0.226 e. The second kappa shape index (κ2) is 13.6. The molecular weight excluding hydrogens is 481 g/mol. The molecule has 0 bridgehead atoms. The van der Waals surface area contributed by atoms with E-state index in [2.05, 4.69) is 46.5 Å². The standard InChI is InChI=1S/C21H33N5O2.HI/c1-6-27-19(11-12-26(4)5)14-24-21(22-3)23-13-18-15-28-20(25-18)17-9-7-16(2)8-10-17;/h7-10,15,19H,6,11-14H2,1-5H3,(H2,22,23,24);1H. The highest BCUT2D eigenvalue weighted by molar-refractivity contribution is 14.0. The van der Waals surface area contributed by atoms with Crippen LogP contribution >= 0.6 is 24.0 Å². The zero-order valence-corrected chi connectivity index (χ0v) is 20.4. The van der Waals surface area contributed by atoms with E-state index in [-0.39, 0.29) is 30.1 Å². The number of rotatable bonds is 10. The Morgan fingerprint density at radius 3 is 2.59 bits per heavy atom. The van der Waals surface area contributed by atoms with Crippen LogP contribution in [0.5, 0.6) is 0 Å². The topological polar surface area (TPSA) is 74.9 Å². The van der Waals surface area contributed by atoms with E-state index in [1.54, 1.807) is 13.3 Å². The first-order valence-corrected chi connectivity index (χ1v) is 9.74. The molecule has 162 valence electrons. The first-order valence-electron chi connectivity index (χ1n) is 9.74. The van der Waals surface area contributed by atoms with Crippen molar-refractivity contribution in [3.05, 3.63) is 41.8 Å². The summed E-state index contributed by atoms with van der Waals surface area (Å²) < 4.78 is 11.4. The third kappa shape index (κ3) is 9.14. The van der Waals surface area contributed by atoms with Gasteiger partial charge in [-0.1, -0.05) is 17.7 Å². The lowest BCUT2D eigenvalue weighted by atomic mass is 10.1. The number of hydrogen-bond donors (Lipinski definition) is 2. The lowest BCUT2D eigenvalue weighted by molar-refractivity contribution is 0.0548. The van der Waals surface area contributed by atoms with Gasteiger partial charge in [-0.05, 0) is 46.5 Å². The Balaban J connectivity index is 0.00000420.